The number of thioether (sulfide) groups is 1. The zero-order valence-corrected chi connectivity index (χ0v) is 19.1. The maximum atomic E-state index is 13.5. The number of hydrogen-bond acceptors (Lipinski definition) is 6. The SMILES string of the molecule is CC1CCCC(n2c(SCC(=O)Nc3sccc3C#N)nc3ccccc3c2=O)C1C. The zero-order valence-electron chi connectivity index (χ0n) is 17.5. The summed E-state index contributed by atoms with van der Waals surface area (Å²) in [5.41, 5.74) is 1.06. The van der Waals surface area contributed by atoms with E-state index in [0.29, 0.717) is 38.5 Å². The van der Waals surface area contributed by atoms with Gasteiger partial charge in [-0.25, -0.2) is 4.98 Å². The molecule has 1 saturated carbocycles. The first-order valence-electron chi connectivity index (χ1n) is 10.4. The summed E-state index contributed by atoms with van der Waals surface area (Å²) in [7, 11) is 0. The van der Waals surface area contributed by atoms with Crippen LogP contribution < -0.4 is 10.9 Å². The Labute approximate surface area is 189 Å². The lowest BCUT2D eigenvalue weighted by Crippen LogP contribution is -2.35. The van der Waals surface area contributed by atoms with Crippen LogP contribution in [0.25, 0.3) is 10.9 Å². The van der Waals surface area contributed by atoms with Crippen molar-refractivity contribution >= 4 is 44.9 Å². The maximum Gasteiger partial charge on any atom is 0.262 e. The Morgan fingerprint density at radius 2 is 2.13 bits per heavy atom. The molecule has 0 saturated heterocycles. The van der Waals surface area contributed by atoms with Crippen LogP contribution in [0.1, 0.15) is 44.7 Å². The van der Waals surface area contributed by atoms with E-state index in [1.807, 2.05) is 28.8 Å². The summed E-state index contributed by atoms with van der Waals surface area (Å²) >= 11 is 2.60. The monoisotopic (exact) mass is 452 g/mol. The van der Waals surface area contributed by atoms with Crippen LogP contribution in [0.4, 0.5) is 5.00 Å². The van der Waals surface area contributed by atoms with Crippen LogP contribution in [-0.4, -0.2) is 21.2 Å². The fourth-order valence-electron chi connectivity index (χ4n) is 4.22. The van der Waals surface area contributed by atoms with Gasteiger partial charge in [0.25, 0.3) is 5.56 Å². The molecule has 31 heavy (non-hydrogen) atoms. The number of amides is 1. The molecule has 6 nitrogen and oxygen atoms in total. The van der Waals surface area contributed by atoms with Gasteiger partial charge in [-0.15, -0.1) is 11.3 Å². The summed E-state index contributed by atoms with van der Waals surface area (Å²) < 4.78 is 1.83. The molecule has 3 aromatic rings. The summed E-state index contributed by atoms with van der Waals surface area (Å²) in [6.07, 6.45) is 3.18. The van der Waals surface area contributed by atoms with E-state index < -0.39 is 0 Å². The van der Waals surface area contributed by atoms with Crippen molar-refractivity contribution in [3.8, 4) is 6.07 Å². The predicted octanol–water partition coefficient (Wildman–Crippen LogP) is 5.06. The van der Waals surface area contributed by atoms with Crippen molar-refractivity contribution in [2.24, 2.45) is 11.8 Å². The van der Waals surface area contributed by atoms with Crippen LogP contribution in [0, 0.1) is 23.2 Å². The van der Waals surface area contributed by atoms with Crippen LogP contribution in [0.2, 0.25) is 0 Å². The third kappa shape index (κ3) is 4.39. The summed E-state index contributed by atoms with van der Waals surface area (Å²) in [6.45, 7) is 4.45. The van der Waals surface area contributed by atoms with Crippen molar-refractivity contribution in [1.82, 2.24) is 9.55 Å². The fraction of sp³-hybridized carbons (Fsp3) is 0.391. The maximum absolute atomic E-state index is 13.5. The molecule has 4 rings (SSSR count). The van der Waals surface area contributed by atoms with Gasteiger partial charge in [0.2, 0.25) is 5.91 Å². The normalized spacial score (nSPS) is 21.0. The number of nitrogens with one attached hydrogen (secondary N) is 1. The average molecular weight is 453 g/mol. The van der Waals surface area contributed by atoms with Crippen molar-refractivity contribution in [3.05, 3.63) is 51.6 Å². The van der Waals surface area contributed by atoms with Crippen LogP contribution in [0.3, 0.4) is 0 Å². The minimum absolute atomic E-state index is 0.0375. The molecular formula is C23H24N4O2S2. The molecule has 160 valence electrons. The number of anilines is 1. The van der Waals surface area contributed by atoms with Gasteiger partial charge < -0.3 is 5.32 Å². The minimum Gasteiger partial charge on any atom is -0.316 e. The number of carbonyl (C=O) groups excluding carboxylic acids is 1. The number of thiophene rings is 1. The highest BCUT2D eigenvalue weighted by Crippen LogP contribution is 2.38. The lowest BCUT2D eigenvalue weighted by molar-refractivity contribution is -0.113. The molecule has 2 heterocycles. The van der Waals surface area contributed by atoms with E-state index in [-0.39, 0.29) is 23.3 Å². The highest BCUT2D eigenvalue weighted by molar-refractivity contribution is 7.99. The average Bonchev–Trinajstić information content (AvgIpc) is 3.22. The van der Waals surface area contributed by atoms with Gasteiger partial charge in [0.15, 0.2) is 5.16 Å². The van der Waals surface area contributed by atoms with E-state index in [2.05, 4.69) is 25.2 Å². The number of carbonyl (C=O) groups is 1. The van der Waals surface area contributed by atoms with Gasteiger partial charge in [-0.2, -0.15) is 5.26 Å². The van der Waals surface area contributed by atoms with Gasteiger partial charge in [-0.3, -0.25) is 14.2 Å². The molecular weight excluding hydrogens is 428 g/mol. The first-order valence-corrected chi connectivity index (χ1v) is 12.3. The second-order valence-electron chi connectivity index (χ2n) is 8.03. The van der Waals surface area contributed by atoms with Crippen molar-refractivity contribution in [2.75, 3.05) is 11.1 Å². The van der Waals surface area contributed by atoms with Gasteiger partial charge >= 0.3 is 0 Å². The van der Waals surface area contributed by atoms with E-state index >= 15 is 0 Å². The Morgan fingerprint density at radius 1 is 1.32 bits per heavy atom. The fourth-order valence-corrected chi connectivity index (χ4v) is 5.83. The Kier molecular flexibility index (Phi) is 6.44. The molecule has 0 spiro atoms. The topological polar surface area (TPSA) is 87.8 Å². The molecule has 0 aliphatic heterocycles. The highest BCUT2D eigenvalue weighted by Gasteiger charge is 2.31. The summed E-state index contributed by atoms with van der Waals surface area (Å²) in [4.78, 5) is 30.8. The zero-order chi connectivity index (χ0) is 22.0. The molecule has 8 heteroatoms. The van der Waals surface area contributed by atoms with Crippen molar-refractivity contribution in [3.63, 3.8) is 0 Å². The van der Waals surface area contributed by atoms with E-state index in [1.54, 1.807) is 11.4 Å². The summed E-state index contributed by atoms with van der Waals surface area (Å²) in [6, 6.07) is 11.2. The molecule has 0 bridgehead atoms. The predicted molar refractivity (Wildman–Crippen MR) is 126 cm³/mol. The minimum atomic E-state index is -0.219. The second-order valence-corrected chi connectivity index (χ2v) is 9.89. The third-order valence-electron chi connectivity index (χ3n) is 6.14. The number of rotatable bonds is 5. The van der Waals surface area contributed by atoms with Gasteiger partial charge in [0.1, 0.15) is 11.1 Å². The standard InChI is InChI=1S/C23H24N4O2S2/c1-14-6-5-9-19(15(14)2)27-22(29)17-7-3-4-8-18(17)25-23(27)31-13-20(28)26-21-16(12-24)10-11-30-21/h3-4,7-8,10-11,14-15,19H,5-6,9,13H2,1-2H3,(H,26,28). The second kappa shape index (κ2) is 9.25. The molecule has 1 amide bonds. The van der Waals surface area contributed by atoms with Crippen molar-refractivity contribution in [2.45, 2.75) is 44.3 Å². The molecule has 0 radical (unpaired) electrons. The number of benzene rings is 1. The van der Waals surface area contributed by atoms with Crippen molar-refractivity contribution in [1.29, 1.82) is 5.26 Å². The first kappa shape index (κ1) is 21.6. The molecule has 2 aromatic heterocycles. The molecule has 1 N–H and O–H groups in total. The smallest absolute Gasteiger partial charge is 0.262 e. The molecule has 1 aromatic carbocycles. The van der Waals surface area contributed by atoms with E-state index in [1.165, 1.54) is 29.5 Å². The largest absolute Gasteiger partial charge is 0.316 e. The van der Waals surface area contributed by atoms with E-state index in [4.69, 9.17) is 10.2 Å². The Balaban J connectivity index is 1.65. The number of fused-ring (bicyclic) bond motifs is 1. The Morgan fingerprint density at radius 3 is 2.94 bits per heavy atom. The van der Waals surface area contributed by atoms with Crippen LogP contribution in [-0.2, 0) is 4.79 Å². The van der Waals surface area contributed by atoms with E-state index in [9.17, 15) is 9.59 Å². The Bertz CT molecular complexity index is 1210. The number of aromatic nitrogens is 2. The van der Waals surface area contributed by atoms with E-state index in [0.717, 1.165) is 12.8 Å². The van der Waals surface area contributed by atoms with Crippen LogP contribution in [0.5, 0.6) is 0 Å². The number of para-hydroxylation sites is 1. The number of hydrogen-bond donors (Lipinski definition) is 1. The van der Waals surface area contributed by atoms with Crippen molar-refractivity contribution < 1.29 is 4.79 Å². The number of nitriles is 1. The molecule has 1 aliphatic rings. The highest BCUT2D eigenvalue weighted by atomic mass is 32.2. The molecule has 1 fully saturated rings. The van der Waals surface area contributed by atoms with Crippen LogP contribution >= 0.6 is 23.1 Å². The molecule has 3 atom stereocenters. The Hall–Kier alpha value is -2.63. The lowest BCUT2D eigenvalue weighted by Gasteiger charge is -2.36. The lowest BCUT2D eigenvalue weighted by atomic mass is 9.78. The molecule has 3 unspecified atom stereocenters. The van der Waals surface area contributed by atoms with Gasteiger partial charge in [0, 0.05) is 6.04 Å². The molecule has 1 aliphatic carbocycles. The van der Waals surface area contributed by atoms with Gasteiger partial charge in [0.05, 0.1) is 22.2 Å². The first-order chi connectivity index (χ1) is 15.0. The summed E-state index contributed by atoms with van der Waals surface area (Å²) in [5, 5.41) is 15.4. The summed E-state index contributed by atoms with van der Waals surface area (Å²) in [5.74, 6) is 0.779. The third-order valence-corrected chi connectivity index (χ3v) is 7.92. The van der Waals surface area contributed by atoms with Crippen LogP contribution in [0.15, 0.2) is 45.7 Å². The van der Waals surface area contributed by atoms with Gasteiger partial charge in [-0.05, 0) is 41.8 Å². The van der Waals surface area contributed by atoms with Gasteiger partial charge in [-0.1, -0.05) is 50.6 Å². The quantitative estimate of drug-likeness (QED) is 0.432. The number of nitrogens with zero attached hydrogens (tertiary/aromatic N) is 3.